The van der Waals surface area contributed by atoms with Crippen molar-refractivity contribution in [1.29, 1.82) is 0 Å². The Morgan fingerprint density at radius 3 is 2.27 bits per heavy atom. The van der Waals surface area contributed by atoms with Gasteiger partial charge in [-0.15, -0.1) is 11.8 Å². The van der Waals surface area contributed by atoms with Crippen LogP contribution in [-0.4, -0.2) is 39.5 Å². The summed E-state index contributed by atoms with van der Waals surface area (Å²) in [5.74, 6) is -0.767. The minimum atomic E-state index is -0.705. The third-order valence-corrected chi connectivity index (χ3v) is 7.99. The maximum absolute atomic E-state index is 13.6. The summed E-state index contributed by atoms with van der Waals surface area (Å²) < 4.78 is -0.493. The molecule has 6 nitrogen and oxygen atoms in total. The van der Waals surface area contributed by atoms with Gasteiger partial charge in [0.05, 0.1) is 6.04 Å². The summed E-state index contributed by atoms with van der Waals surface area (Å²) in [7, 11) is 0. The van der Waals surface area contributed by atoms with Crippen molar-refractivity contribution in [2.75, 3.05) is 0 Å². The van der Waals surface area contributed by atoms with Gasteiger partial charge in [0.25, 0.3) is 5.91 Å². The van der Waals surface area contributed by atoms with Crippen LogP contribution in [0.3, 0.4) is 0 Å². The van der Waals surface area contributed by atoms with Crippen LogP contribution in [0.4, 0.5) is 0 Å². The van der Waals surface area contributed by atoms with Crippen LogP contribution in [0.2, 0.25) is 0 Å². The standard InChI is InChI=1S/C26H31N3O3S/c1-15(2)20(22(30)27-16(3)17-11-7-6-8-12-17)28-23(31)21-26(4,5)33-25-19-14-10-9-13-18(19)24(32)29(21)25/h6-16,20-21,25H,1-5H3,(H,27,30)(H,28,31)/t16-,20-,21+,25-/m0/s1. The van der Waals surface area contributed by atoms with E-state index in [9.17, 15) is 14.4 Å². The van der Waals surface area contributed by atoms with E-state index in [1.165, 1.54) is 0 Å². The Kier molecular flexibility index (Phi) is 6.27. The first kappa shape index (κ1) is 23.4. The second-order valence-electron chi connectivity index (χ2n) is 9.65. The van der Waals surface area contributed by atoms with Crippen molar-refractivity contribution in [3.63, 3.8) is 0 Å². The molecule has 174 valence electrons. The lowest BCUT2D eigenvalue weighted by molar-refractivity contribution is -0.133. The summed E-state index contributed by atoms with van der Waals surface area (Å²) >= 11 is 1.62. The highest BCUT2D eigenvalue weighted by Gasteiger charge is 2.57. The Morgan fingerprint density at radius 2 is 1.61 bits per heavy atom. The normalized spacial score (nSPS) is 22.5. The molecule has 0 saturated carbocycles. The number of carbonyl (C=O) groups excluding carboxylic acids is 3. The monoisotopic (exact) mass is 465 g/mol. The smallest absolute Gasteiger partial charge is 0.256 e. The predicted octanol–water partition coefficient (Wildman–Crippen LogP) is 4.05. The Labute approximate surface area is 199 Å². The fourth-order valence-corrected chi connectivity index (χ4v) is 6.29. The summed E-state index contributed by atoms with van der Waals surface area (Å²) in [6, 6.07) is 15.7. The zero-order chi connectivity index (χ0) is 23.9. The lowest BCUT2D eigenvalue weighted by Gasteiger charge is -2.32. The fraction of sp³-hybridized carbons (Fsp3) is 0.423. The van der Waals surface area contributed by atoms with Gasteiger partial charge in [0.15, 0.2) is 0 Å². The van der Waals surface area contributed by atoms with E-state index in [4.69, 9.17) is 0 Å². The number of hydrogen-bond donors (Lipinski definition) is 2. The molecule has 2 N–H and O–H groups in total. The SMILES string of the molecule is CC(C)[C@H](NC(=O)[C@H]1N2C(=O)c3ccccc3[C@@H]2SC1(C)C)C(=O)N[C@@H](C)c1ccccc1. The van der Waals surface area contributed by atoms with Crippen molar-refractivity contribution in [3.8, 4) is 0 Å². The van der Waals surface area contributed by atoms with E-state index in [0.717, 1.165) is 11.1 Å². The zero-order valence-corrected chi connectivity index (χ0v) is 20.5. The molecule has 2 aromatic rings. The second kappa shape index (κ2) is 8.86. The zero-order valence-electron chi connectivity index (χ0n) is 19.7. The fourth-order valence-electron chi connectivity index (χ4n) is 4.70. The number of carbonyl (C=O) groups is 3. The third kappa shape index (κ3) is 4.26. The molecule has 1 saturated heterocycles. The summed E-state index contributed by atoms with van der Waals surface area (Å²) in [4.78, 5) is 41.6. The van der Waals surface area contributed by atoms with Crippen molar-refractivity contribution < 1.29 is 14.4 Å². The van der Waals surface area contributed by atoms with Crippen LogP contribution >= 0.6 is 11.8 Å². The number of fused-ring (bicyclic) bond motifs is 3. The minimum Gasteiger partial charge on any atom is -0.348 e. The molecule has 4 rings (SSSR count). The van der Waals surface area contributed by atoms with E-state index in [1.54, 1.807) is 16.7 Å². The van der Waals surface area contributed by atoms with Crippen LogP contribution < -0.4 is 10.6 Å². The molecular weight excluding hydrogens is 434 g/mol. The molecule has 7 heteroatoms. The molecule has 0 spiro atoms. The molecule has 0 aliphatic carbocycles. The molecule has 0 bridgehead atoms. The van der Waals surface area contributed by atoms with E-state index in [1.807, 2.05) is 89.2 Å². The van der Waals surface area contributed by atoms with E-state index in [2.05, 4.69) is 10.6 Å². The van der Waals surface area contributed by atoms with Gasteiger partial charge < -0.3 is 15.5 Å². The van der Waals surface area contributed by atoms with E-state index < -0.39 is 16.8 Å². The first-order chi connectivity index (χ1) is 15.6. The largest absolute Gasteiger partial charge is 0.348 e. The summed E-state index contributed by atoms with van der Waals surface area (Å²) in [5, 5.41) is 5.81. The molecular formula is C26H31N3O3S. The topological polar surface area (TPSA) is 78.5 Å². The molecule has 4 atom stereocenters. The van der Waals surface area contributed by atoms with Gasteiger partial charge in [-0.05, 0) is 43.9 Å². The lowest BCUT2D eigenvalue weighted by Crippen LogP contribution is -2.58. The Morgan fingerprint density at radius 1 is 0.970 bits per heavy atom. The quantitative estimate of drug-likeness (QED) is 0.675. The van der Waals surface area contributed by atoms with Crippen molar-refractivity contribution in [1.82, 2.24) is 15.5 Å². The number of thioether (sulfide) groups is 1. The van der Waals surface area contributed by atoms with Gasteiger partial charge in [-0.25, -0.2) is 0 Å². The maximum Gasteiger partial charge on any atom is 0.256 e. The number of benzene rings is 2. The molecule has 33 heavy (non-hydrogen) atoms. The summed E-state index contributed by atoms with van der Waals surface area (Å²) in [6.45, 7) is 9.71. The highest BCUT2D eigenvalue weighted by Crippen LogP contribution is 2.56. The van der Waals surface area contributed by atoms with Gasteiger partial charge in [0.2, 0.25) is 11.8 Å². The molecule has 0 radical (unpaired) electrons. The highest BCUT2D eigenvalue weighted by molar-refractivity contribution is 8.01. The summed E-state index contributed by atoms with van der Waals surface area (Å²) in [5.41, 5.74) is 2.60. The first-order valence-corrected chi connectivity index (χ1v) is 12.2. The van der Waals surface area contributed by atoms with E-state index >= 15 is 0 Å². The van der Waals surface area contributed by atoms with Gasteiger partial charge in [0.1, 0.15) is 17.5 Å². The average molecular weight is 466 g/mol. The minimum absolute atomic E-state index is 0.114. The Hall–Kier alpha value is -2.80. The maximum atomic E-state index is 13.6. The van der Waals surface area contributed by atoms with Crippen LogP contribution in [0.1, 0.15) is 67.5 Å². The average Bonchev–Trinajstić information content (AvgIpc) is 3.21. The van der Waals surface area contributed by atoms with Gasteiger partial charge in [-0.1, -0.05) is 62.4 Å². The van der Waals surface area contributed by atoms with Crippen molar-refractivity contribution in [3.05, 3.63) is 71.3 Å². The predicted molar refractivity (Wildman–Crippen MR) is 131 cm³/mol. The second-order valence-corrected chi connectivity index (χ2v) is 11.4. The summed E-state index contributed by atoms with van der Waals surface area (Å²) in [6.07, 6.45) is 0. The Bertz CT molecular complexity index is 1070. The molecule has 2 aliphatic heterocycles. The first-order valence-electron chi connectivity index (χ1n) is 11.4. The Balaban J connectivity index is 1.53. The number of amides is 3. The lowest BCUT2D eigenvalue weighted by atomic mass is 9.97. The van der Waals surface area contributed by atoms with Crippen LogP contribution in [0.25, 0.3) is 0 Å². The number of hydrogen-bond acceptors (Lipinski definition) is 4. The van der Waals surface area contributed by atoms with Crippen molar-refractivity contribution in [2.24, 2.45) is 5.92 Å². The molecule has 0 unspecified atom stereocenters. The van der Waals surface area contributed by atoms with Crippen LogP contribution in [0.5, 0.6) is 0 Å². The van der Waals surface area contributed by atoms with E-state index in [0.29, 0.717) is 5.56 Å². The van der Waals surface area contributed by atoms with Gasteiger partial charge in [-0.2, -0.15) is 0 Å². The molecule has 2 aromatic carbocycles. The number of nitrogens with one attached hydrogen (secondary N) is 2. The van der Waals surface area contributed by atoms with Gasteiger partial charge in [0, 0.05) is 10.3 Å². The molecule has 2 aliphatic rings. The van der Waals surface area contributed by atoms with E-state index in [-0.39, 0.29) is 35.1 Å². The number of rotatable bonds is 6. The van der Waals surface area contributed by atoms with Crippen molar-refractivity contribution >= 4 is 29.5 Å². The molecule has 1 fully saturated rings. The molecule has 3 amide bonds. The highest BCUT2D eigenvalue weighted by atomic mass is 32.2. The van der Waals surface area contributed by atoms with Gasteiger partial charge in [-0.3, -0.25) is 14.4 Å². The van der Waals surface area contributed by atoms with Crippen LogP contribution in [0.15, 0.2) is 54.6 Å². The van der Waals surface area contributed by atoms with Gasteiger partial charge >= 0.3 is 0 Å². The van der Waals surface area contributed by atoms with Crippen LogP contribution in [0, 0.1) is 5.92 Å². The third-order valence-electron chi connectivity index (χ3n) is 6.45. The van der Waals surface area contributed by atoms with Crippen LogP contribution in [-0.2, 0) is 9.59 Å². The molecule has 0 aromatic heterocycles. The van der Waals surface area contributed by atoms with Crippen molar-refractivity contribution in [2.45, 2.75) is 62.9 Å². The molecule has 2 heterocycles. The number of nitrogens with zero attached hydrogens (tertiary/aromatic N) is 1.